The van der Waals surface area contributed by atoms with Crippen molar-refractivity contribution in [3.8, 4) is 0 Å². The Morgan fingerprint density at radius 1 is 1.11 bits per heavy atom. The highest BCUT2D eigenvalue weighted by atomic mass is 79.9. The molecule has 0 aliphatic heterocycles. The van der Waals surface area contributed by atoms with Crippen LogP contribution in [0.5, 0.6) is 0 Å². The molecule has 2 aromatic carbocycles. The molecule has 0 saturated carbocycles. The lowest BCUT2D eigenvalue weighted by molar-refractivity contribution is 0.101. The minimum Gasteiger partial charge on any atom is -0.344 e. The summed E-state index contributed by atoms with van der Waals surface area (Å²) in [5.41, 5.74) is 3.93. The Balaban J connectivity index is 2.53. The van der Waals surface area contributed by atoms with E-state index in [0.29, 0.717) is 0 Å². The van der Waals surface area contributed by atoms with Crippen LogP contribution in [0.2, 0.25) is 0 Å². The fraction of sp³-hybridized carbons (Fsp3) is 0.188. The number of anilines is 2. The lowest BCUT2D eigenvalue weighted by Gasteiger charge is -2.23. The third-order valence-corrected chi connectivity index (χ3v) is 3.67. The zero-order valence-corrected chi connectivity index (χ0v) is 12.9. The number of carbonyl (C=O) groups is 1. The maximum atomic E-state index is 11.8. The zero-order chi connectivity index (χ0) is 14.0. The topological polar surface area (TPSA) is 20.3 Å². The summed E-state index contributed by atoms with van der Waals surface area (Å²) in [6.07, 6.45) is 0. The summed E-state index contributed by atoms with van der Waals surface area (Å²) in [5, 5.41) is 0. The van der Waals surface area contributed by atoms with E-state index in [9.17, 15) is 4.79 Å². The molecule has 98 valence electrons. The van der Waals surface area contributed by atoms with Crippen molar-refractivity contribution in [2.45, 2.75) is 13.8 Å². The standard InChI is InChI=1S/C16H16BrNO/c1-11-6-4-5-7-15(11)18(3)16-9-8-13(17)10-14(16)12(2)19/h4-10H,1-3H3. The van der Waals surface area contributed by atoms with Gasteiger partial charge in [-0.05, 0) is 43.7 Å². The van der Waals surface area contributed by atoms with Crippen LogP contribution < -0.4 is 4.90 Å². The van der Waals surface area contributed by atoms with Crippen LogP contribution in [0.3, 0.4) is 0 Å². The van der Waals surface area contributed by atoms with Crippen molar-refractivity contribution < 1.29 is 4.79 Å². The molecule has 0 bridgehead atoms. The van der Waals surface area contributed by atoms with Crippen LogP contribution in [-0.4, -0.2) is 12.8 Å². The summed E-state index contributed by atoms with van der Waals surface area (Å²) in [7, 11) is 1.98. The van der Waals surface area contributed by atoms with Crippen molar-refractivity contribution in [2.24, 2.45) is 0 Å². The SMILES string of the molecule is CC(=O)c1cc(Br)ccc1N(C)c1ccccc1C. The molecule has 2 aromatic rings. The van der Waals surface area contributed by atoms with Crippen molar-refractivity contribution in [3.05, 3.63) is 58.1 Å². The number of nitrogens with zero attached hydrogens (tertiary/aromatic N) is 1. The van der Waals surface area contributed by atoms with Gasteiger partial charge in [-0.25, -0.2) is 0 Å². The lowest BCUT2D eigenvalue weighted by atomic mass is 10.1. The summed E-state index contributed by atoms with van der Waals surface area (Å²) >= 11 is 3.41. The lowest BCUT2D eigenvalue weighted by Crippen LogP contribution is -2.14. The van der Waals surface area contributed by atoms with Gasteiger partial charge in [0.15, 0.2) is 5.78 Å². The molecule has 0 aliphatic carbocycles. The third-order valence-electron chi connectivity index (χ3n) is 3.18. The monoisotopic (exact) mass is 317 g/mol. The maximum absolute atomic E-state index is 11.8. The Bertz CT molecular complexity index is 622. The predicted octanol–water partition coefficient (Wildman–Crippen LogP) is 4.73. The molecule has 0 spiro atoms. The van der Waals surface area contributed by atoms with E-state index in [1.807, 2.05) is 37.4 Å². The van der Waals surface area contributed by atoms with E-state index in [1.54, 1.807) is 6.92 Å². The number of hydrogen-bond acceptors (Lipinski definition) is 2. The number of para-hydroxylation sites is 1. The van der Waals surface area contributed by atoms with E-state index in [-0.39, 0.29) is 5.78 Å². The Morgan fingerprint density at radius 3 is 2.42 bits per heavy atom. The summed E-state index contributed by atoms with van der Waals surface area (Å²) in [6, 6.07) is 13.9. The quantitative estimate of drug-likeness (QED) is 0.763. The van der Waals surface area contributed by atoms with Gasteiger partial charge in [-0.1, -0.05) is 34.1 Å². The van der Waals surface area contributed by atoms with Gasteiger partial charge in [0.05, 0.1) is 5.69 Å². The molecule has 0 fully saturated rings. The van der Waals surface area contributed by atoms with Gasteiger partial charge in [-0.3, -0.25) is 4.79 Å². The second-order valence-electron chi connectivity index (χ2n) is 4.56. The summed E-state index contributed by atoms with van der Waals surface area (Å²) in [5.74, 6) is 0.0664. The number of halogens is 1. The zero-order valence-electron chi connectivity index (χ0n) is 11.3. The van der Waals surface area contributed by atoms with Gasteiger partial charge in [-0.15, -0.1) is 0 Å². The molecule has 0 heterocycles. The average Bonchev–Trinajstić information content (AvgIpc) is 2.38. The number of Topliss-reactive ketones (excluding diaryl/α,β-unsaturated/α-hetero) is 1. The van der Waals surface area contributed by atoms with Crippen LogP contribution in [0.25, 0.3) is 0 Å². The van der Waals surface area contributed by atoms with Gasteiger partial charge in [0, 0.05) is 22.8 Å². The first-order valence-corrected chi connectivity index (χ1v) is 6.90. The molecule has 3 heteroatoms. The number of carbonyl (C=O) groups excluding carboxylic acids is 1. The van der Waals surface area contributed by atoms with Crippen LogP contribution >= 0.6 is 15.9 Å². The summed E-state index contributed by atoms with van der Waals surface area (Å²) in [6.45, 7) is 3.66. The highest BCUT2D eigenvalue weighted by molar-refractivity contribution is 9.10. The first-order valence-electron chi connectivity index (χ1n) is 6.10. The molecule has 0 amide bonds. The number of aryl methyl sites for hydroxylation is 1. The largest absolute Gasteiger partial charge is 0.344 e. The van der Waals surface area contributed by atoms with Gasteiger partial charge in [-0.2, -0.15) is 0 Å². The number of ketones is 1. The molecule has 2 nitrogen and oxygen atoms in total. The molecular formula is C16H16BrNO. The van der Waals surface area contributed by atoms with E-state index >= 15 is 0 Å². The van der Waals surface area contributed by atoms with Crippen LogP contribution in [0.1, 0.15) is 22.8 Å². The molecule has 0 aliphatic rings. The molecule has 0 radical (unpaired) electrons. The van der Waals surface area contributed by atoms with E-state index in [2.05, 4.69) is 39.9 Å². The van der Waals surface area contributed by atoms with Crippen LogP contribution in [0, 0.1) is 6.92 Å². The first kappa shape index (κ1) is 13.8. The van der Waals surface area contributed by atoms with Gasteiger partial charge in [0.1, 0.15) is 0 Å². The molecule has 0 unspecified atom stereocenters. The van der Waals surface area contributed by atoms with Crippen LogP contribution in [0.15, 0.2) is 46.9 Å². The normalized spacial score (nSPS) is 10.3. The smallest absolute Gasteiger partial charge is 0.161 e. The van der Waals surface area contributed by atoms with E-state index in [1.165, 1.54) is 5.56 Å². The predicted molar refractivity (Wildman–Crippen MR) is 83.4 cm³/mol. The molecule has 0 aromatic heterocycles. The summed E-state index contributed by atoms with van der Waals surface area (Å²) < 4.78 is 0.916. The highest BCUT2D eigenvalue weighted by Gasteiger charge is 2.14. The van der Waals surface area contributed by atoms with E-state index < -0.39 is 0 Å². The highest BCUT2D eigenvalue weighted by Crippen LogP contribution is 2.31. The molecule has 2 rings (SSSR count). The molecule has 0 N–H and O–H groups in total. The Kier molecular flexibility index (Phi) is 4.05. The maximum Gasteiger partial charge on any atom is 0.161 e. The van der Waals surface area contributed by atoms with Crippen molar-refractivity contribution in [2.75, 3.05) is 11.9 Å². The average molecular weight is 318 g/mol. The number of benzene rings is 2. The number of hydrogen-bond donors (Lipinski definition) is 0. The van der Waals surface area contributed by atoms with Crippen molar-refractivity contribution >= 4 is 33.1 Å². The number of rotatable bonds is 3. The molecule has 19 heavy (non-hydrogen) atoms. The Hall–Kier alpha value is -1.61. The molecule has 0 atom stereocenters. The van der Waals surface area contributed by atoms with Gasteiger partial charge in [0.2, 0.25) is 0 Å². The van der Waals surface area contributed by atoms with Gasteiger partial charge in [0.25, 0.3) is 0 Å². The van der Waals surface area contributed by atoms with Crippen LogP contribution in [-0.2, 0) is 0 Å². The van der Waals surface area contributed by atoms with E-state index in [0.717, 1.165) is 21.4 Å². The Labute approximate surface area is 122 Å². The second-order valence-corrected chi connectivity index (χ2v) is 5.48. The van der Waals surface area contributed by atoms with Gasteiger partial charge >= 0.3 is 0 Å². The van der Waals surface area contributed by atoms with Gasteiger partial charge < -0.3 is 4.90 Å². The summed E-state index contributed by atoms with van der Waals surface area (Å²) in [4.78, 5) is 13.8. The van der Waals surface area contributed by atoms with Crippen molar-refractivity contribution in [1.29, 1.82) is 0 Å². The minimum atomic E-state index is 0.0664. The fourth-order valence-electron chi connectivity index (χ4n) is 2.15. The first-order chi connectivity index (χ1) is 9.00. The fourth-order valence-corrected chi connectivity index (χ4v) is 2.51. The van der Waals surface area contributed by atoms with Crippen molar-refractivity contribution in [3.63, 3.8) is 0 Å². The van der Waals surface area contributed by atoms with Crippen molar-refractivity contribution in [1.82, 2.24) is 0 Å². The second kappa shape index (κ2) is 5.57. The molecule has 0 saturated heterocycles. The Morgan fingerprint density at radius 2 is 1.79 bits per heavy atom. The third kappa shape index (κ3) is 2.87. The minimum absolute atomic E-state index is 0.0664. The van der Waals surface area contributed by atoms with Crippen LogP contribution in [0.4, 0.5) is 11.4 Å². The van der Waals surface area contributed by atoms with E-state index in [4.69, 9.17) is 0 Å². The molecular weight excluding hydrogens is 302 g/mol.